The van der Waals surface area contributed by atoms with Crippen LogP contribution in [0.4, 0.5) is 5.69 Å². The first kappa shape index (κ1) is 16.3. The number of nitrogens with zero attached hydrogens (tertiary/aromatic N) is 3. The Hall–Kier alpha value is -1.59. The summed E-state index contributed by atoms with van der Waals surface area (Å²) in [5, 5.41) is 3.32. The Kier molecular flexibility index (Phi) is 5.18. The zero-order valence-electron chi connectivity index (χ0n) is 14.3. The molecule has 126 valence electrons. The maximum atomic E-state index is 13.2. The molecule has 2 fully saturated rings. The second-order valence-corrected chi connectivity index (χ2v) is 6.71. The zero-order valence-corrected chi connectivity index (χ0v) is 14.3. The van der Waals surface area contributed by atoms with Crippen LogP contribution in [0.25, 0.3) is 0 Å². The second-order valence-electron chi connectivity index (χ2n) is 6.71. The van der Waals surface area contributed by atoms with Crippen molar-refractivity contribution in [2.45, 2.75) is 18.9 Å². The standard InChI is InChI=1S/C18H28N4O/c1-20(2)16-7-5-15(6-8-16)17(21-11-3-4-12-21)18(23)22-13-9-19-10-14-22/h5-8,17,19H,3-4,9-14H2,1-2H3. The van der Waals surface area contributed by atoms with Crippen molar-refractivity contribution in [3.63, 3.8) is 0 Å². The molecule has 2 aliphatic rings. The first-order valence-corrected chi connectivity index (χ1v) is 8.67. The van der Waals surface area contributed by atoms with E-state index in [2.05, 4.69) is 39.4 Å². The highest BCUT2D eigenvalue weighted by Gasteiger charge is 2.33. The molecule has 23 heavy (non-hydrogen) atoms. The molecule has 1 unspecified atom stereocenters. The fourth-order valence-electron chi connectivity index (χ4n) is 3.52. The number of amides is 1. The summed E-state index contributed by atoms with van der Waals surface area (Å²) in [7, 11) is 4.08. The lowest BCUT2D eigenvalue weighted by molar-refractivity contribution is -0.137. The van der Waals surface area contributed by atoms with Crippen molar-refractivity contribution in [3.05, 3.63) is 29.8 Å². The van der Waals surface area contributed by atoms with Gasteiger partial charge in [-0.2, -0.15) is 0 Å². The number of carbonyl (C=O) groups excluding carboxylic acids is 1. The summed E-state index contributed by atoms with van der Waals surface area (Å²) in [5.74, 6) is 0.269. The molecule has 1 aromatic carbocycles. The highest BCUT2D eigenvalue weighted by Crippen LogP contribution is 2.28. The third-order valence-corrected chi connectivity index (χ3v) is 4.89. The minimum atomic E-state index is -0.119. The topological polar surface area (TPSA) is 38.8 Å². The van der Waals surface area contributed by atoms with E-state index in [1.54, 1.807) is 0 Å². The van der Waals surface area contributed by atoms with E-state index < -0.39 is 0 Å². The van der Waals surface area contributed by atoms with Gasteiger partial charge in [-0.3, -0.25) is 9.69 Å². The Morgan fingerprint density at radius 3 is 2.22 bits per heavy atom. The van der Waals surface area contributed by atoms with Gasteiger partial charge in [-0.1, -0.05) is 12.1 Å². The van der Waals surface area contributed by atoms with Crippen LogP contribution in [-0.4, -0.2) is 69.1 Å². The highest BCUT2D eigenvalue weighted by molar-refractivity contribution is 5.83. The molecule has 0 spiro atoms. The SMILES string of the molecule is CN(C)c1ccc(C(C(=O)N2CCNCC2)N2CCCC2)cc1. The van der Waals surface area contributed by atoms with Gasteiger partial charge in [0, 0.05) is 46.0 Å². The molecular weight excluding hydrogens is 288 g/mol. The summed E-state index contributed by atoms with van der Waals surface area (Å²) in [6.45, 7) is 5.49. The van der Waals surface area contributed by atoms with Gasteiger partial charge in [0.1, 0.15) is 6.04 Å². The summed E-state index contributed by atoms with van der Waals surface area (Å²) >= 11 is 0. The zero-order chi connectivity index (χ0) is 16.2. The maximum absolute atomic E-state index is 13.2. The van der Waals surface area contributed by atoms with Crippen molar-refractivity contribution < 1.29 is 4.79 Å². The molecule has 3 rings (SSSR count). The summed E-state index contributed by atoms with van der Waals surface area (Å²) in [6.07, 6.45) is 2.39. The lowest BCUT2D eigenvalue weighted by atomic mass is 10.0. The molecule has 0 aliphatic carbocycles. The van der Waals surface area contributed by atoms with Gasteiger partial charge < -0.3 is 15.1 Å². The van der Waals surface area contributed by atoms with Gasteiger partial charge in [0.15, 0.2) is 0 Å². The van der Waals surface area contributed by atoms with Gasteiger partial charge >= 0.3 is 0 Å². The number of likely N-dealkylation sites (tertiary alicyclic amines) is 1. The molecule has 1 N–H and O–H groups in total. The van der Waals surface area contributed by atoms with E-state index in [1.807, 2.05) is 19.0 Å². The first-order valence-electron chi connectivity index (χ1n) is 8.67. The van der Waals surface area contributed by atoms with Gasteiger partial charge in [0.2, 0.25) is 5.91 Å². The van der Waals surface area contributed by atoms with Gasteiger partial charge in [0.25, 0.3) is 0 Å². The van der Waals surface area contributed by atoms with E-state index in [-0.39, 0.29) is 11.9 Å². The van der Waals surface area contributed by atoms with Gasteiger partial charge in [-0.05, 0) is 43.6 Å². The van der Waals surface area contributed by atoms with Gasteiger partial charge in [-0.15, -0.1) is 0 Å². The molecule has 0 saturated carbocycles. The predicted molar refractivity (Wildman–Crippen MR) is 93.8 cm³/mol. The highest BCUT2D eigenvalue weighted by atomic mass is 16.2. The molecule has 5 nitrogen and oxygen atoms in total. The third kappa shape index (κ3) is 3.67. The number of carbonyl (C=O) groups is 1. The number of anilines is 1. The van der Waals surface area contributed by atoms with Crippen molar-refractivity contribution in [2.75, 3.05) is 58.3 Å². The van der Waals surface area contributed by atoms with E-state index in [9.17, 15) is 4.79 Å². The van der Waals surface area contributed by atoms with Crippen molar-refractivity contribution in [3.8, 4) is 0 Å². The number of nitrogens with one attached hydrogen (secondary N) is 1. The lowest BCUT2D eigenvalue weighted by Gasteiger charge is -2.35. The smallest absolute Gasteiger partial charge is 0.244 e. The molecule has 1 amide bonds. The number of benzene rings is 1. The maximum Gasteiger partial charge on any atom is 0.244 e. The van der Waals surface area contributed by atoms with E-state index in [0.717, 1.165) is 44.8 Å². The summed E-state index contributed by atoms with van der Waals surface area (Å²) < 4.78 is 0. The van der Waals surface area contributed by atoms with Crippen LogP contribution in [0.2, 0.25) is 0 Å². The number of hydrogen-bond donors (Lipinski definition) is 1. The van der Waals surface area contributed by atoms with Crippen LogP contribution in [-0.2, 0) is 4.79 Å². The number of piperazine rings is 1. The second kappa shape index (κ2) is 7.32. The molecule has 1 atom stereocenters. The molecule has 0 bridgehead atoms. The normalized spacial score (nSPS) is 20.5. The van der Waals surface area contributed by atoms with E-state index in [4.69, 9.17) is 0 Å². The Morgan fingerprint density at radius 2 is 1.65 bits per heavy atom. The number of hydrogen-bond acceptors (Lipinski definition) is 4. The van der Waals surface area contributed by atoms with E-state index >= 15 is 0 Å². The van der Waals surface area contributed by atoms with Crippen molar-refractivity contribution in [2.24, 2.45) is 0 Å². The van der Waals surface area contributed by atoms with Crippen LogP contribution in [0.5, 0.6) is 0 Å². The molecule has 2 saturated heterocycles. The van der Waals surface area contributed by atoms with Crippen LogP contribution < -0.4 is 10.2 Å². The summed E-state index contributed by atoms with van der Waals surface area (Å²) in [4.78, 5) is 19.6. The third-order valence-electron chi connectivity index (χ3n) is 4.89. The molecular formula is C18H28N4O. The lowest BCUT2D eigenvalue weighted by Crippen LogP contribution is -2.50. The average Bonchev–Trinajstić information content (AvgIpc) is 3.10. The molecule has 1 aromatic rings. The molecule has 0 radical (unpaired) electrons. The molecule has 0 aromatic heterocycles. The van der Waals surface area contributed by atoms with E-state index in [1.165, 1.54) is 18.5 Å². The summed E-state index contributed by atoms with van der Waals surface area (Å²) in [5.41, 5.74) is 2.30. The van der Waals surface area contributed by atoms with Crippen LogP contribution in [0.3, 0.4) is 0 Å². The fraction of sp³-hybridized carbons (Fsp3) is 0.611. The fourth-order valence-corrected chi connectivity index (χ4v) is 3.52. The Bertz CT molecular complexity index is 516. The molecule has 2 aliphatic heterocycles. The van der Waals surface area contributed by atoms with Crippen LogP contribution in [0.1, 0.15) is 24.4 Å². The van der Waals surface area contributed by atoms with Crippen LogP contribution in [0, 0.1) is 0 Å². The van der Waals surface area contributed by atoms with E-state index in [0.29, 0.717) is 0 Å². The molecule has 5 heteroatoms. The largest absolute Gasteiger partial charge is 0.378 e. The first-order chi connectivity index (χ1) is 11.2. The van der Waals surface area contributed by atoms with Gasteiger partial charge in [0.05, 0.1) is 0 Å². The quantitative estimate of drug-likeness (QED) is 0.909. The van der Waals surface area contributed by atoms with Gasteiger partial charge in [-0.25, -0.2) is 0 Å². The van der Waals surface area contributed by atoms with Crippen molar-refractivity contribution in [1.29, 1.82) is 0 Å². The van der Waals surface area contributed by atoms with Crippen molar-refractivity contribution in [1.82, 2.24) is 15.1 Å². The minimum Gasteiger partial charge on any atom is -0.378 e. The Morgan fingerprint density at radius 1 is 1.04 bits per heavy atom. The van der Waals surface area contributed by atoms with Crippen LogP contribution in [0.15, 0.2) is 24.3 Å². The molecule has 2 heterocycles. The van der Waals surface area contributed by atoms with Crippen LogP contribution >= 0.6 is 0 Å². The Labute approximate surface area is 139 Å². The Balaban J connectivity index is 1.83. The monoisotopic (exact) mass is 316 g/mol. The predicted octanol–water partition coefficient (Wildman–Crippen LogP) is 1.32. The minimum absolute atomic E-state index is 0.119. The van der Waals surface area contributed by atoms with Crippen molar-refractivity contribution >= 4 is 11.6 Å². The summed E-state index contributed by atoms with van der Waals surface area (Å²) in [6, 6.07) is 8.36. The average molecular weight is 316 g/mol. The number of rotatable bonds is 4.